The van der Waals surface area contributed by atoms with E-state index < -0.39 is 24.2 Å². The number of fused-ring (bicyclic) bond motifs is 3. The van der Waals surface area contributed by atoms with Crippen LogP contribution in [0.15, 0.2) is 35.1 Å². The number of aryl methyl sites for hydroxylation is 2. The van der Waals surface area contributed by atoms with Crippen LogP contribution in [0.25, 0.3) is 4.96 Å². The Labute approximate surface area is 169 Å². The Balaban J connectivity index is 1.38. The molecule has 3 aromatic rings. The van der Waals surface area contributed by atoms with Crippen LogP contribution in [0.2, 0.25) is 0 Å². The molecule has 0 aliphatic heterocycles. The number of ether oxygens (including phenoxy) is 1. The number of halogens is 1. The third-order valence-electron chi connectivity index (χ3n) is 4.71. The van der Waals surface area contributed by atoms with E-state index >= 15 is 0 Å². The molecule has 0 radical (unpaired) electrons. The second-order valence-corrected chi connectivity index (χ2v) is 7.77. The summed E-state index contributed by atoms with van der Waals surface area (Å²) < 4.78 is 20.3. The highest BCUT2D eigenvalue weighted by atomic mass is 32.1. The normalized spacial score (nSPS) is 13.1. The Morgan fingerprint density at radius 1 is 1.24 bits per heavy atom. The fraction of sp³-hybridized carbons (Fsp3) is 0.300. The Bertz CT molecular complexity index is 1150. The molecule has 9 heteroatoms. The zero-order valence-corrected chi connectivity index (χ0v) is 16.3. The third-order valence-corrected chi connectivity index (χ3v) is 5.85. The van der Waals surface area contributed by atoms with Gasteiger partial charge >= 0.3 is 5.97 Å². The van der Waals surface area contributed by atoms with Gasteiger partial charge in [-0.1, -0.05) is 12.1 Å². The molecule has 0 saturated heterocycles. The molecule has 1 aromatic carbocycles. The first-order valence-electron chi connectivity index (χ1n) is 9.24. The molecule has 4 rings (SSSR count). The van der Waals surface area contributed by atoms with Crippen molar-refractivity contribution < 1.29 is 18.7 Å². The molecule has 2 heterocycles. The molecular formula is C20H18FN3O4S. The van der Waals surface area contributed by atoms with Crippen LogP contribution in [0.5, 0.6) is 0 Å². The number of nitrogens with zero attached hydrogens (tertiary/aromatic N) is 2. The highest BCUT2D eigenvalue weighted by molar-refractivity contribution is 7.17. The SMILES string of the molecule is O=C(CNC(=O)c1ccccc1F)OCc1cc(=O)n2c3c(sc2n1)CCCC3. The number of carbonyl (C=O) groups is 2. The predicted molar refractivity (Wildman–Crippen MR) is 105 cm³/mol. The molecule has 0 fully saturated rings. The number of aromatic nitrogens is 2. The van der Waals surface area contributed by atoms with Gasteiger partial charge in [0.05, 0.1) is 11.3 Å². The molecule has 2 aromatic heterocycles. The summed E-state index contributed by atoms with van der Waals surface area (Å²) >= 11 is 1.49. The van der Waals surface area contributed by atoms with E-state index in [4.69, 9.17) is 4.74 Å². The van der Waals surface area contributed by atoms with Gasteiger partial charge in [0.1, 0.15) is 19.0 Å². The van der Waals surface area contributed by atoms with Crippen LogP contribution in [0.4, 0.5) is 4.39 Å². The van der Waals surface area contributed by atoms with Crippen molar-refractivity contribution in [3.05, 3.63) is 68.3 Å². The van der Waals surface area contributed by atoms with Gasteiger partial charge in [-0.15, -0.1) is 11.3 Å². The number of nitrogens with one attached hydrogen (secondary N) is 1. The number of esters is 1. The topological polar surface area (TPSA) is 89.8 Å². The molecule has 0 saturated carbocycles. The van der Waals surface area contributed by atoms with Crippen molar-refractivity contribution in [1.82, 2.24) is 14.7 Å². The lowest BCUT2D eigenvalue weighted by Gasteiger charge is -2.10. The van der Waals surface area contributed by atoms with E-state index in [1.54, 1.807) is 4.40 Å². The summed E-state index contributed by atoms with van der Waals surface area (Å²) in [6.07, 6.45) is 3.99. The van der Waals surface area contributed by atoms with Crippen molar-refractivity contribution in [3.63, 3.8) is 0 Å². The number of hydrogen-bond donors (Lipinski definition) is 1. The first-order chi connectivity index (χ1) is 14.0. The second-order valence-electron chi connectivity index (χ2n) is 6.71. The summed E-state index contributed by atoms with van der Waals surface area (Å²) in [5.74, 6) is -2.08. The van der Waals surface area contributed by atoms with Gasteiger partial charge in [0.2, 0.25) is 0 Å². The van der Waals surface area contributed by atoms with E-state index in [2.05, 4.69) is 10.3 Å². The lowest BCUT2D eigenvalue weighted by molar-refractivity contribution is -0.143. The minimum Gasteiger partial charge on any atom is -0.458 e. The first kappa shape index (κ1) is 19.3. The first-order valence-corrected chi connectivity index (χ1v) is 10.1. The standard InChI is InChI=1S/C20H18FN3O4S/c21-14-6-2-1-5-13(14)19(27)22-10-18(26)28-11-12-9-17(25)24-15-7-3-4-8-16(15)29-20(24)23-12/h1-2,5-6,9H,3-4,7-8,10-11H2,(H,22,27). The quantitative estimate of drug-likeness (QED) is 0.646. The zero-order valence-electron chi connectivity index (χ0n) is 15.4. The van der Waals surface area contributed by atoms with Crippen molar-refractivity contribution in [2.24, 2.45) is 0 Å². The summed E-state index contributed by atoms with van der Waals surface area (Å²) in [5.41, 5.74) is 1.05. The number of carbonyl (C=O) groups excluding carboxylic acids is 2. The van der Waals surface area contributed by atoms with Crippen LogP contribution in [-0.2, 0) is 29.0 Å². The van der Waals surface area contributed by atoms with E-state index in [-0.39, 0.29) is 17.7 Å². The van der Waals surface area contributed by atoms with Gasteiger partial charge in [0.25, 0.3) is 11.5 Å². The molecule has 1 N–H and O–H groups in total. The number of benzene rings is 1. The summed E-state index contributed by atoms with van der Waals surface area (Å²) in [5, 5.41) is 2.31. The third kappa shape index (κ3) is 4.04. The summed E-state index contributed by atoms with van der Waals surface area (Å²) in [6.45, 7) is -0.593. The zero-order chi connectivity index (χ0) is 20.4. The van der Waals surface area contributed by atoms with Crippen LogP contribution in [-0.4, -0.2) is 27.8 Å². The van der Waals surface area contributed by atoms with Crippen molar-refractivity contribution in [1.29, 1.82) is 0 Å². The molecule has 29 heavy (non-hydrogen) atoms. The molecule has 0 bridgehead atoms. The monoisotopic (exact) mass is 415 g/mol. The van der Waals surface area contributed by atoms with Crippen LogP contribution < -0.4 is 10.9 Å². The van der Waals surface area contributed by atoms with Gasteiger partial charge in [0, 0.05) is 16.6 Å². The molecule has 1 aliphatic carbocycles. The molecule has 1 amide bonds. The van der Waals surface area contributed by atoms with Crippen molar-refractivity contribution in [3.8, 4) is 0 Å². The number of rotatable bonds is 5. The van der Waals surface area contributed by atoms with Gasteiger partial charge in [-0.2, -0.15) is 0 Å². The minimum atomic E-state index is -0.706. The van der Waals surface area contributed by atoms with Gasteiger partial charge in [0.15, 0.2) is 4.96 Å². The average molecular weight is 415 g/mol. The van der Waals surface area contributed by atoms with E-state index in [9.17, 15) is 18.8 Å². The number of hydrogen-bond acceptors (Lipinski definition) is 6. The number of thiazole rings is 1. The fourth-order valence-electron chi connectivity index (χ4n) is 3.31. The van der Waals surface area contributed by atoms with Gasteiger partial charge in [-0.05, 0) is 37.8 Å². The summed E-state index contributed by atoms with van der Waals surface area (Å²) in [4.78, 5) is 42.5. The van der Waals surface area contributed by atoms with E-state index in [1.165, 1.54) is 40.5 Å². The fourth-order valence-corrected chi connectivity index (χ4v) is 4.55. The smallest absolute Gasteiger partial charge is 0.325 e. The highest BCUT2D eigenvalue weighted by Crippen LogP contribution is 2.28. The van der Waals surface area contributed by atoms with Crippen LogP contribution in [0, 0.1) is 5.82 Å². The second kappa shape index (κ2) is 8.12. The Morgan fingerprint density at radius 2 is 2.03 bits per heavy atom. The number of amides is 1. The largest absolute Gasteiger partial charge is 0.458 e. The van der Waals surface area contributed by atoms with Crippen LogP contribution in [0.1, 0.15) is 39.5 Å². The molecule has 0 atom stereocenters. The Kier molecular flexibility index (Phi) is 5.39. The average Bonchev–Trinajstić information content (AvgIpc) is 3.09. The lowest BCUT2D eigenvalue weighted by atomic mass is 10.0. The maximum Gasteiger partial charge on any atom is 0.325 e. The van der Waals surface area contributed by atoms with Gasteiger partial charge < -0.3 is 10.1 Å². The maximum absolute atomic E-state index is 13.6. The molecule has 7 nitrogen and oxygen atoms in total. The molecule has 150 valence electrons. The van der Waals surface area contributed by atoms with Crippen LogP contribution in [0.3, 0.4) is 0 Å². The Morgan fingerprint density at radius 3 is 2.86 bits per heavy atom. The summed E-state index contributed by atoms with van der Waals surface area (Å²) in [7, 11) is 0. The molecule has 1 aliphatic rings. The predicted octanol–water partition coefficient (Wildman–Crippen LogP) is 2.25. The van der Waals surface area contributed by atoms with Gasteiger partial charge in [-0.3, -0.25) is 18.8 Å². The van der Waals surface area contributed by atoms with Crippen molar-refractivity contribution >= 4 is 28.2 Å². The molecular weight excluding hydrogens is 397 g/mol. The van der Waals surface area contributed by atoms with Crippen molar-refractivity contribution in [2.75, 3.05) is 6.54 Å². The lowest BCUT2D eigenvalue weighted by Crippen LogP contribution is -2.31. The van der Waals surface area contributed by atoms with Crippen LogP contribution >= 0.6 is 11.3 Å². The highest BCUT2D eigenvalue weighted by Gasteiger charge is 2.19. The minimum absolute atomic E-state index is 0.151. The van der Waals surface area contributed by atoms with E-state index in [1.807, 2.05) is 0 Å². The molecule has 0 spiro atoms. The van der Waals surface area contributed by atoms with E-state index in [0.717, 1.165) is 37.4 Å². The van der Waals surface area contributed by atoms with Crippen molar-refractivity contribution in [2.45, 2.75) is 32.3 Å². The molecule has 0 unspecified atom stereocenters. The summed E-state index contributed by atoms with van der Waals surface area (Å²) in [6, 6.07) is 6.84. The van der Waals surface area contributed by atoms with Gasteiger partial charge in [-0.25, -0.2) is 9.37 Å². The van der Waals surface area contributed by atoms with E-state index in [0.29, 0.717) is 10.7 Å². The Hall–Kier alpha value is -3.07. The maximum atomic E-state index is 13.6.